The Kier molecular flexibility index (Phi) is 12.6. The largest absolute Gasteiger partial charge is 0.497 e. The van der Waals surface area contributed by atoms with Crippen molar-refractivity contribution in [3.63, 3.8) is 0 Å². The van der Waals surface area contributed by atoms with E-state index in [0.29, 0.717) is 31.1 Å². The fraction of sp³-hybridized carbons (Fsp3) is 0.258. The molecule has 1 unspecified atom stereocenters. The number of anilines is 1. The number of aromatic amines is 1. The number of pyridine rings is 1. The highest BCUT2D eigenvalue weighted by molar-refractivity contribution is 5.95. The molecule has 0 bridgehead atoms. The van der Waals surface area contributed by atoms with Crippen molar-refractivity contribution in [1.82, 2.24) is 15.2 Å². The van der Waals surface area contributed by atoms with Gasteiger partial charge in [-0.05, 0) is 60.9 Å². The highest BCUT2D eigenvalue weighted by Crippen LogP contribution is 2.35. The van der Waals surface area contributed by atoms with E-state index in [2.05, 4.69) is 20.5 Å². The maximum absolute atomic E-state index is 13.2. The Balaban J connectivity index is 0.000000392. The zero-order chi connectivity index (χ0) is 36.4. The van der Waals surface area contributed by atoms with Gasteiger partial charge in [0.05, 0.1) is 24.9 Å². The maximum atomic E-state index is 13.2. The molecule has 5 rings (SSSR count). The first kappa shape index (κ1) is 37.6. The van der Waals surface area contributed by atoms with E-state index in [1.165, 1.54) is 0 Å². The number of H-pyrrole nitrogens is 1. The average Bonchev–Trinajstić information content (AvgIpc) is 3.49. The second-order valence-electron chi connectivity index (χ2n) is 10.1. The maximum Gasteiger partial charge on any atom is 0.490 e. The van der Waals surface area contributed by atoms with E-state index in [1.807, 2.05) is 55.5 Å². The Morgan fingerprint density at radius 1 is 1.00 bits per heavy atom. The number of carboxylic acid groups (broad SMARTS) is 2. The monoisotopic (exact) mass is 698 g/mol. The predicted octanol–water partition coefficient (Wildman–Crippen LogP) is 5.82. The summed E-state index contributed by atoms with van der Waals surface area (Å²) < 4.78 is 80.8. The third-order valence-electron chi connectivity index (χ3n) is 6.53. The van der Waals surface area contributed by atoms with Gasteiger partial charge in [0.15, 0.2) is 0 Å². The molecule has 0 aliphatic carbocycles. The number of rotatable bonds is 7. The Hall–Kier alpha value is -5.81. The van der Waals surface area contributed by atoms with E-state index < -0.39 is 24.3 Å². The number of fused-ring (bicyclic) bond motifs is 1. The van der Waals surface area contributed by atoms with Crippen LogP contribution in [0.2, 0.25) is 0 Å². The lowest BCUT2D eigenvalue weighted by Crippen LogP contribution is -2.32. The molecule has 1 amide bonds. The number of carbonyl (C=O) groups excluding carboxylic acids is 1. The lowest BCUT2D eigenvalue weighted by atomic mass is 9.95. The van der Waals surface area contributed by atoms with Crippen LogP contribution in [0.4, 0.5) is 32.0 Å². The number of carboxylic acids is 2. The average molecular weight is 699 g/mol. The molecular formula is C31H28F6N4O8. The van der Waals surface area contributed by atoms with E-state index in [9.17, 15) is 31.1 Å². The molecule has 0 saturated heterocycles. The SMILES string of the molecule is COc1ccc2c(c1)CC(C(=O)Nc1ccc(-c3cn[nH]c3C)cc1OCc1cccnc1)CO2.O=C(O)C(F)(F)F.O=C(O)C(F)(F)F. The molecule has 49 heavy (non-hydrogen) atoms. The molecule has 3 heterocycles. The molecule has 0 saturated carbocycles. The topological polar surface area (TPSA) is 173 Å². The molecule has 4 N–H and O–H groups in total. The number of nitrogens with one attached hydrogen (secondary N) is 2. The van der Waals surface area contributed by atoms with Crippen LogP contribution in [-0.4, -0.2) is 69.3 Å². The fourth-order valence-corrected chi connectivity index (χ4v) is 4.10. The number of hydrogen-bond donors (Lipinski definition) is 4. The van der Waals surface area contributed by atoms with Gasteiger partial charge < -0.3 is 29.7 Å². The summed E-state index contributed by atoms with van der Waals surface area (Å²) in [5, 5.41) is 24.4. The second-order valence-corrected chi connectivity index (χ2v) is 10.1. The molecule has 1 aliphatic heterocycles. The lowest BCUT2D eigenvalue weighted by Gasteiger charge is -2.25. The van der Waals surface area contributed by atoms with Gasteiger partial charge >= 0.3 is 24.3 Å². The molecule has 262 valence electrons. The van der Waals surface area contributed by atoms with Gasteiger partial charge in [-0.25, -0.2) is 9.59 Å². The minimum absolute atomic E-state index is 0.128. The quantitative estimate of drug-likeness (QED) is 0.172. The molecule has 1 aliphatic rings. The smallest absolute Gasteiger partial charge is 0.490 e. The third-order valence-corrected chi connectivity index (χ3v) is 6.53. The summed E-state index contributed by atoms with van der Waals surface area (Å²) in [6.07, 6.45) is -4.35. The number of aliphatic carboxylic acids is 2. The summed E-state index contributed by atoms with van der Waals surface area (Å²) in [4.78, 5) is 35.2. The number of amides is 1. The van der Waals surface area contributed by atoms with Crippen LogP contribution < -0.4 is 19.5 Å². The van der Waals surface area contributed by atoms with Crippen molar-refractivity contribution in [2.24, 2.45) is 5.92 Å². The molecule has 12 nitrogen and oxygen atoms in total. The standard InChI is InChI=1S/C27H26N4O4.2C2HF3O2/c1-17-23(14-29-31-17)19-5-7-24(26(12-19)34-15-18-4-3-9-28-13-18)30-27(32)21-10-20-11-22(33-2)6-8-25(20)35-16-21;2*3-2(4,5)1(6)7/h3-9,11-14,21H,10,15-16H2,1-2H3,(H,29,31)(H,30,32);2*(H,6,7). The van der Waals surface area contributed by atoms with Crippen molar-refractivity contribution < 1.29 is 65.1 Å². The molecule has 0 fully saturated rings. The number of methoxy groups -OCH3 is 1. The second kappa shape index (κ2) is 16.3. The number of nitrogens with zero attached hydrogens (tertiary/aromatic N) is 2. The Morgan fingerprint density at radius 2 is 1.67 bits per heavy atom. The third kappa shape index (κ3) is 11.1. The van der Waals surface area contributed by atoms with Crippen LogP contribution in [0.25, 0.3) is 11.1 Å². The first-order valence-corrected chi connectivity index (χ1v) is 13.9. The zero-order valence-corrected chi connectivity index (χ0v) is 25.6. The fourth-order valence-electron chi connectivity index (χ4n) is 4.10. The van der Waals surface area contributed by atoms with Crippen LogP contribution in [0.5, 0.6) is 17.2 Å². The Bertz CT molecular complexity index is 1720. The summed E-state index contributed by atoms with van der Waals surface area (Å²) in [6.45, 7) is 2.59. The molecular weight excluding hydrogens is 670 g/mol. The number of alkyl halides is 6. The van der Waals surface area contributed by atoms with Crippen LogP contribution in [0.1, 0.15) is 16.8 Å². The highest BCUT2D eigenvalue weighted by atomic mass is 19.4. The van der Waals surface area contributed by atoms with Gasteiger partial charge in [-0.15, -0.1) is 0 Å². The number of benzene rings is 2. The van der Waals surface area contributed by atoms with Gasteiger partial charge in [0, 0.05) is 29.2 Å². The zero-order valence-electron chi connectivity index (χ0n) is 25.6. The summed E-state index contributed by atoms with van der Waals surface area (Å²) >= 11 is 0. The van der Waals surface area contributed by atoms with Gasteiger partial charge in [-0.2, -0.15) is 31.4 Å². The van der Waals surface area contributed by atoms with E-state index in [-0.39, 0.29) is 11.8 Å². The predicted molar refractivity (Wildman–Crippen MR) is 159 cm³/mol. The number of aryl methyl sites for hydroxylation is 1. The van der Waals surface area contributed by atoms with E-state index >= 15 is 0 Å². The number of carbonyl (C=O) groups is 3. The summed E-state index contributed by atoms with van der Waals surface area (Å²) in [5.74, 6) is -3.88. The summed E-state index contributed by atoms with van der Waals surface area (Å²) in [5.41, 5.74) is 5.35. The normalized spacial score (nSPS) is 13.6. The van der Waals surface area contributed by atoms with Gasteiger partial charge in [0.1, 0.15) is 30.5 Å². The van der Waals surface area contributed by atoms with Crippen LogP contribution in [0.15, 0.2) is 67.1 Å². The molecule has 2 aromatic heterocycles. The summed E-state index contributed by atoms with van der Waals surface area (Å²) in [6, 6.07) is 15.2. The molecule has 2 aromatic carbocycles. The minimum Gasteiger partial charge on any atom is -0.497 e. The van der Waals surface area contributed by atoms with Crippen molar-refractivity contribution in [3.05, 3.63) is 83.9 Å². The number of hydrogen-bond acceptors (Lipinski definition) is 8. The van der Waals surface area contributed by atoms with Crippen LogP contribution in [-0.2, 0) is 27.4 Å². The van der Waals surface area contributed by atoms with Gasteiger partial charge in [-0.1, -0.05) is 12.1 Å². The van der Waals surface area contributed by atoms with Gasteiger partial charge in [0.2, 0.25) is 5.91 Å². The molecule has 0 spiro atoms. The van der Waals surface area contributed by atoms with E-state index in [0.717, 1.165) is 39.4 Å². The van der Waals surface area contributed by atoms with Crippen molar-refractivity contribution in [3.8, 4) is 28.4 Å². The van der Waals surface area contributed by atoms with Crippen LogP contribution >= 0.6 is 0 Å². The Labute approximate surface area is 273 Å². The van der Waals surface area contributed by atoms with Crippen molar-refractivity contribution in [2.75, 3.05) is 19.0 Å². The highest BCUT2D eigenvalue weighted by Gasteiger charge is 2.39. The lowest BCUT2D eigenvalue weighted by molar-refractivity contribution is -0.193. The first-order chi connectivity index (χ1) is 23.0. The number of halogens is 6. The van der Waals surface area contributed by atoms with Crippen LogP contribution in [0.3, 0.4) is 0 Å². The minimum atomic E-state index is -5.08. The van der Waals surface area contributed by atoms with Crippen molar-refractivity contribution in [1.29, 1.82) is 0 Å². The number of aromatic nitrogens is 3. The molecule has 1 atom stereocenters. The van der Waals surface area contributed by atoms with E-state index in [1.54, 1.807) is 25.7 Å². The number of ether oxygens (including phenoxy) is 3. The van der Waals surface area contributed by atoms with Crippen molar-refractivity contribution in [2.45, 2.75) is 32.3 Å². The van der Waals surface area contributed by atoms with Gasteiger partial charge in [0.25, 0.3) is 0 Å². The first-order valence-electron chi connectivity index (χ1n) is 13.9. The van der Waals surface area contributed by atoms with Crippen molar-refractivity contribution >= 4 is 23.5 Å². The van der Waals surface area contributed by atoms with Crippen LogP contribution in [0, 0.1) is 12.8 Å². The Morgan fingerprint density at radius 3 is 2.22 bits per heavy atom. The molecule has 4 aromatic rings. The molecule has 18 heteroatoms. The van der Waals surface area contributed by atoms with E-state index in [4.69, 9.17) is 34.0 Å². The van der Waals surface area contributed by atoms with Gasteiger partial charge in [-0.3, -0.25) is 14.9 Å². The molecule has 0 radical (unpaired) electrons. The summed E-state index contributed by atoms with van der Waals surface area (Å²) in [7, 11) is 1.62.